The zero-order valence-corrected chi connectivity index (χ0v) is 12.6. The van der Waals surface area contributed by atoms with Crippen LogP contribution in [-0.4, -0.2) is 11.4 Å². The van der Waals surface area contributed by atoms with Crippen LogP contribution < -0.4 is 11.1 Å². The Morgan fingerprint density at radius 1 is 1.29 bits per heavy atom. The number of aryl methyl sites for hydroxylation is 1. The molecule has 0 aliphatic heterocycles. The molecule has 0 radical (unpaired) electrons. The first-order chi connectivity index (χ1) is 10.00. The first-order valence-electron chi connectivity index (χ1n) is 7.14. The summed E-state index contributed by atoms with van der Waals surface area (Å²) in [6, 6.07) is 11.9. The first-order valence-corrected chi connectivity index (χ1v) is 7.14. The van der Waals surface area contributed by atoms with Gasteiger partial charge < -0.3 is 15.5 Å². The van der Waals surface area contributed by atoms with Gasteiger partial charge in [0.1, 0.15) is 12.0 Å². The van der Waals surface area contributed by atoms with E-state index >= 15 is 0 Å². The number of carbonyl (C=O) groups excluding carboxylic acids is 1. The number of hydrogen-bond donors (Lipinski definition) is 2. The fraction of sp³-hybridized carbons (Fsp3) is 0.353. The Labute approximate surface area is 125 Å². The molecule has 0 fully saturated rings. The molecule has 0 unspecified atom stereocenters. The summed E-state index contributed by atoms with van der Waals surface area (Å²) in [6.45, 7) is 4.35. The van der Waals surface area contributed by atoms with E-state index in [-0.39, 0.29) is 11.4 Å². The monoisotopic (exact) mass is 286 g/mol. The van der Waals surface area contributed by atoms with Crippen molar-refractivity contribution in [1.82, 2.24) is 5.32 Å². The van der Waals surface area contributed by atoms with E-state index in [0.717, 1.165) is 12.8 Å². The summed E-state index contributed by atoms with van der Waals surface area (Å²) in [5.74, 6) is 0.485. The number of nitrogens with two attached hydrogens (primary N) is 1. The molecule has 1 amide bonds. The number of hydrogen-bond acceptors (Lipinski definition) is 3. The highest BCUT2D eigenvalue weighted by Gasteiger charge is 2.22. The van der Waals surface area contributed by atoms with E-state index in [1.807, 2.05) is 32.0 Å². The van der Waals surface area contributed by atoms with Crippen LogP contribution in [0.5, 0.6) is 0 Å². The van der Waals surface area contributed by atoms with Gasteiger partial charge in [-0.1, -0.05) is 30.3 Å². The van der Waals surface area contributed by atoms with Crippen LogP contribution >= 0.6 is 0 Å². The molecule has 4 heteroatoms. The van der Waals surface area contributed by atoms with Crippen LogP contribution in [0.4, 0.5) is 0 Å². The minimum absolute atomic E-state index is 0.128. The average molecular weight is 286 g/mol. The lowest BCUT2D eigenvalue weighted by Crippen LogP contribution is -2.43. The Kier molecular flexibility index (Phi) is 4.81. The van der Waals surface area contributed by atoms with Crippen LogP contribution in [0.3, 0.4) is 0 Å². The molecular formula is C17H22N2O2. The van der Waals surface area contributed by atoms with Gasteiger partial charge in [-0.15, -0.1) is 0 Å². The van der Waals surface area contributed by atoms with Gasteiger partial charge in [0, 0.05) is 5.54 Å². The van der Waals surface area contributed by atoms with Crippen LogP contribution in [0.2, 0.25) is 0 Å². The molecule has 4 nitrogen and oxygen atoms in total. The van der Waals surface area contributed by atoms with Gasteiger partial charge in [-0.05, 0) is 38.3 Å². The maximum atomic E-state index is 12.2. The average Bonchev–Trinajstić information content (AvgIpc) is 2.95. The largest absolute Gasteiger partial charge is 0.467 e. The van der Waals surface area contributed by atoms with Gasteiger partial charge in [0.15, 0.2) is 0 Å². The molecule has 0 bridgehead atoms. The normalized spacial score (nSPS) is 11.4. The molecule has 1 aromatic heterocycles. The van der Waals surface area contributed by atoms with Crippen molar-refractivity contribution >= 4 is 5.91 Å². The van der Waals surface area contributed by atoms with Gasteiger partial charge in [-0.2, -0.15) is 0 Å². The molecule has 2 rings (SSSR count). The van der Waals surface area contributed by atoms with Crippen LogP contribution in [0.15, 0.2) is 47.1 Å². The van der Waals surface area contributed by atoms with Crippen LogP contribution in [-0.2, 0) is 13.0 Å². The number of benzene rings is 1. The summed E-state index contributed by atoms with van der Waals surface area (Å²) in [6.07, 6.45) is 3.24. The molecule has 0 spiro atoms. The lowest BCUT2D eigenvalue weighted by atomic mass is 9.95. The smallest absolute Gasteiger partial charge is 0.254 e. The molecule has 0 saturated heterocycles. The van der Waals surface area contributed by atoms with E-state index in [1.165, 1.54) is 11.8 Å². The fourth-order valence-corrected chi connectivity index (χ4v) is 2.15. The van der Waals surface area contributed by atoms with Gasteiger partial charge in [-0.3, -0.25) is 4.79 Å². The predicted octanol–water partition coefficient (Wildman–Crippen LogP) is 2.88. The molecular weight excluding hydrogens is 264 g/mol. The molecule has 112 valence electrons. The quantitative estimate of drug-likeness (QED) is 0.858. The fourth-order valence-electron chi connectivity index (χ4n) is 2.15. The Balaban J connectivity index is 1.92. The Morgan fingerprint density at radius 3 is 2.62 bits per heavy atom. The zero-order chi connectivity index (χ0) is 15.3. The molecule has 1 heterocycles. The van der Waals surface area contributed by atoms with Gasteiger partial charge in [-0.25, -0.2) is 0 Å². The van der Waals surface area contributed by atoms with E-state index in [4.69, 9.17) is 10.2 Å². The van der Waals surface area contributed by atoms with Gasteiger partial charge in [0.2, 0.25) is 0 Å². The summed E-state index contributed by atoms with van der Waals surface area (Å²) in [5, 5.41) is 3.04. The van der Waals surface area contributed by atoms with Crippen LogP contribution in [0.25, 0.3) is 0 Å². The number of amides is 1. The molecule has 0 aliphatic rings. The van der Waals surface area contributed by atoms with Crippen molar-refractivity contribution in [3.05, 3.63) is 59.5 Å². The van der Waals surface area contributed by atoms with Crippen molar-refractivity contribution in [3.8, 4) is 0 Å². The Hall–Kier alpha value is -2.07. The minimum Gasteiger partial charge on any atom is -0.467 e. The van der Waals surface area contributed by atoms with Gasteiger partial charge >= 0.3 is 0 Å². The second kappa shape index (κ2) is 6.59. The molecule has 1 aromatic carbocycles. The first kappa shape index (κ1) is 15.3. The SMILES string of the molecule is CC(C)(CCc1ccccc1)NC(=O)c1coc(CN)c1. The Bertz CT molecular complexity index is 588. The Morgan fingerprint density at radius 2 is 2.00 bits per heavy atom. The summed E-state index contributed by atoms with van der Waals surface area (Å²) in [7, 11) is 0. The summed E-state index contributed by atoms with van der Waals surface area (Å²) >= 11 is 0. The van der Waals surface area contributed by atoms with Gasteiger partial charge in [0.25, 0.3) is 5.91 Å². The van der Waals surface area contributed by atoms with E-state index in [1.54, 1.807) is 6.07 Å². The van der Waals surface area contributed by atoms with Crippen molar-refractivity contribution in [1.29, 1.82) is 0 Å². The number of furan rings is 1. The van der Waals surface area contributed by atoms with Crippen molar-refractivity contribution in [3.63, 3.8) is 0 Å². The maximum absolute atomic E-state index is 12.2. The van der Waals surface area contributed by atoms with Crippen LogP contribution in [0.1, 0.15) is 41.9 Å². The number of rotatable bonds is 6. The predicted molar refractivity (Wildman–Crippen MR) is 82.9 cm³/mol. The highest BCUT2D eigenvalue weighted by Crippen LogP contribution is 2.15. The standard InChI is InChI=1S/C17H22N2O2/c1-17(2,9-8-13-6-4-3-5-7-13)19-16(20)14-10-15(11-18)21-12-14/h3-7,10,12H,8-9,11,18H2,1-2H3,(H,19,20). The zero-order valence-electron chi connectivity index (χ0n) is 12.6. The van der Waals surface area contributed by atoms with Crippen molar-refractivity contribution < 1.29 is 9.21 Å². The number of nitrogens with one attached hydrogen (secondary N) is 1. The third kappa shape index (κ3) is 4.46. The van der Waals surface area contributed by atoms with E-state index in [0.29, 0.717) is 17.9 Å². The molecule has 2 aromatic rings. The third-order valence-electron chi connectivity index (χ3n) is 3.45. The lowest BCUT2D eigenvalue weighted by molar-refractivity contribution is 0.0908. The molecule has 0 aliphatic carbocycles. The molecule has 0 atom stereocenters. The van der Waals surface area contributed by atoms with Crippen molar-refractivity contribution in [2.45, 2.75) is 38.8 Å². The van der Waals surface area contributed by atoms with E-state index < -0.39 is 0 Å². The summed E-state index contributed by atoms with van der Waals surface area (Å²) in [4.78, 5) is 12.2. The van der Waals surface area contributed by atoms with Gasteiger partial charge in [0.05, 0.1) is 12.1 Å². The number of carbonyl (C=O) groups is 1. The van der Waals surface area contributed by atoms with Crippen molar-refractivity contribution in [2.24, 2.45) is 5.73 Å². The molecule has 3 N–H and O–H groups in total. The third-order valence-corrected chi connectivity index (χ3v) is 3.45. The molecule has 0 saturated carbocycles. The highest BCUT2D eigenvalue weighted by molar-refractivity contribution is 5.94. The second-order valence-electron chi connectivity index (χ2n) is 5.83. The van der Waals surface area contributed by atoms with Crippen molar-refractivity contribution in [2.75, 3.05) is 0 Å². The molecule has 21 heavy (non-hydrogen) atoms. The highest BCUT2D eigenvalue weighted by atomic mass is 16.3. The van der Waals surface area contributed by atoms with Crippen LogP contribution in [0, 0.1) is 0 Å². The van der Waals surface area contributed by atoms with E-state index in [9.17, 15) is 4.79 Å². The second-order valence-corrected chi connectivity index (χ2v) is 5.83. The summed E-state index contributed by atoms with van der Waals surface area (Å²) < 4.78 is 5.19. The lowest BCUT2D eigenvalue weighted by Gasteiger charge is -2.26. The topological polar surface area (TPSA) is 68.3 Å². The minimum atomic E-state index is -0.285. The van der Waals surface area contributed by atoms with E-state index in [2.05, 4.69) is 17.4 Å². The maximum Gasteiger partial charge on any atom is 0.254 e. The summed E-state index contributed by atoms with van der Waals surface area (Å²) in [5.41, 5.74) is 6.98.